The van der Waals surface area contributed by atoms with Gasteiger partial charge in [-0.25, -0.2) is 19.2 Å². The average molecular weight is 301 g/mol. The van der Waals surface area contributed by atoms with Crippen molar-refractivity contribution < 1.29 is 14.3 Å². The van der Waals surface area contributed by atoms with Gasteiger partial charge in [-0.15, -0.1) is 0 Å². The van der Waals surface area contributed by atoms with Crippen LogP contribution in [0.15, 0.2) is 30.5 Å². The zero-order chi connectivity index (χ0) is 15.7. The van der Waals surface area contributed by atoms with Gasteiger partial charge in [0, 0.05) is 18.3 Å². The normalized spacial score (nSPS) is 17.7. The van der Waals surface area contributed by atoms with Gasteiger partial charge in [0.15, 0.2) is 0 Å². The summed E-state index contributed by atoms with van der Waals surface area (Å²) < 4.78 is 14.0. The van der Waals surface area contributed by atoms with Crippen LogP contribution < -0.4 is 4.90 Å². The molecular formula is C16H16FN3O2. The van der Waals surface area contributed by atoms with Crippen molar-refractivity contribution in [2.45, 2.75) is 25.8 Å². The average Bonchev–Trinajstić information content (AvgIpc) is 2.98. The lowest BCUT2D eigenvalue weighted by atomic mass is 10.1. The molecule has 22 heavy (non-hydrogen) atoms. The van der Waals surface area contributed by atoms with E-state index in [9.17, 15) is 14.3 Å². The fourth-order valence-corrected chi connectivity index (χ4v) is 2.76. The predicted molar refractivity (Wildman–Crippen MR) is 80.2 cm³/mol. The van der Waals surface area contributed by atoms with Gasteiger partial charge in [0.2, 0.25) is 5.95 Å². The van der Waals surface area contributed by atoms with Crippen LogP contribution in [0.1, 0.15) is 18.4 Å². The fourth-order valence-electron chi connectivity index (χ4n) is 2.76. The quantitative estimate of drug-likeness (QED) is 0.944. The third-order valence-corrected chi connectivity index (χ3v) is 3.88. The Morgan fingerprint density at radius 3 is 2.91 bits per heavy atom. The van der Waals surface area contributed by atoms with Crippen LogP contribution in [-0.2, 0) is 4.79 Å². The Morgan fingerprint density at radius 1 is 1.41 bits per heavy atom. The van der Waals surface area contributed by atoms with Crippen LogP contribution in [-0.4, -0.2) is 33.6 Å². The minimum Gasteiger partial charge on any atom is -0.480 e. The highest BCUT2D eigenvalue weighted by atomic mass is 19.1. The summed E-state index contributed by atoms with van der Waals surface area (Å²) in [5, 5.41) is 9.27. The first-order valence-electron chi connectivity index (χ1n) is 7.16. The highest BCUT2D eigenvalue weighted by molar-refractivity contribution is 5.78. The van der Waals surface area contributed by atoms with Gasteiger partial charge >= 0.3 is 5.97 Å². The maximum atomic E-state index is 14.0. The molecule has 1 atom stereocenters. The zero-order valence-corrected chi connectivity index (χ0v) is 12.2. The molecule has 1 aromatic carbocycles. The molecule has 1 aliphatic heterocycles. The number of carboxylic acids is 1. The van der Waals surface area contributed by atoms with Crippen molar-refractivity contribution in [3.8, 4) is 11.3 Å². The molecule has 0 aliphatic carbocycles. The van der Waals surface area contributed by atoms with E-state index in [1.165, 1.54) is 6.07 Å². The summed E-state index contributed by atoms with van der Waals surface area (Å²) >= 11 is 0. The molecule has 2 heterocycles. The van der Waals surface area contributed by atoms with Gasteiger partial charge in [-0.3, -0.25) is 0 Å². The van der Waals surface area contributed by atoms with Gasteiger partial charge in [0.1, 0.15) is 11.9 Å². The number of benzene rings is 1. The van der Waals surface area contributed by atoms with Crippen molar-refractivity contribution in [2.24, 2.45) is 0 Å². The van der Waals surface area contributed by atoms with E-state index >= 15 is 0 Å². The summed E-state index contributed by atoms with van der Waals surface area (Å²) in [5.74, 6) is -0.894. The van der Waals surface area contributed by atoms with Gasteiger partial charge in [0.25, 0.3) is 0 Å². The van der Waals surface area contributed by atoms with Crippen molar-refractivity contribution in [1.82, 2.24) is 9.97 Å². The Balaban J connectivity index is 2.04. The second-order valence-corrected chi connectivity index (χ2v) is 5.37. The second-order valence-electron chi connectivity index (χ2n) is 5.37. The number of carboxylic acid groups (broad SMARTS) is 1. The molecule has 0 bridgehead atoms. The lowest BCUT2D eigenvalue weighted by molar-refractivity contribution is -0.138. The van der Waals surface area contributed by atoms with E-state index in [1.54, 1.807) is 29.3 Å². The second kappa shape index (κ2) is 5.71. The van der Waals surface area contributed by atoms with Crippen LogP contribution in [0, 0.1) is 12.7 Å². The number of carbonyl (C=O) groups is 1. The monoisotopic (exact) mass is 301 g/mol. The number of nitrogens with zero attached hydrogens (tertiary/aromatic N) is 3. The van der Waals surface area contributed by atoms with Crippen LogP contribution in [0.2, 0.25) is 0 Å². The van der Waals surface area contributed by atoms with Crippen LogP contribution in [0.25, 0.3) is 11.3 Å². The Kier molecular flexibility index (Phi) is 3.75. The zero-order valence-electron chi connectivity index (χ0n) is 12.2. The number of rotatable bonds is 3. The molecule has 1 unspecified atom stereocenters. The maximum Gasteiger partial charge on any atom is 0.326 e. The molecule has 0 saturated carbocycles. The van der Waals surface area contributed by atoms with Crippen LogP contribution in [0.3, 0.4) is 0 Å². The van der Waals surface area contributed by atoms with Crippen LogP contribution >= 0.6 is 0 Å². The van der Waals surface area contributed by atoms with Crippen LogP contribution in [0.5, 0.6) is 0 Å². The van der Waals surface area contributed by atoms with E-state index in [4.69, 9.17) is 0 Å². The number of anilines is 1. The molecule has 1 N–H and O–H groups in total. The number of hydrogen-bond donors (Lipinski definition) is 1. The first kappa shape index (κ1) is 14.4. The van der Waals surface area contributed by atoms with E-state index in [1.807, 2.05) is 6.92 Å². The third kappa shape index (κ3) is 2.52. The van der Waals surface area contributed by atoms with Crippen LogP contribution in [0.4, 0.5) is 10.3 Å². The lowest BCUT2D eigenvalue weighted by Gasteiger charge is -2.22. The smallest absolute Gasteiger partial charge is 0.326 e. The van der Waals surface area contributed by atoms with Gasteiger partial charge in [-0.1, -0.05) is 12.1 Å². The van der Waals surface area contributed by atoms with Gasteiger partial charge in [-0.05, 0) is 37.5 Å². The summed E-state index contributed by atoms with van der Waals surface area (Å²) in [5.41, 5.74) is 1.65. The van der Waals surface area contributed by atoms with E-state index in [2.05, 4.69) is 9.97 Å². The molecule has 6 heteroatoms. The maximum absolute atomic E-state index is 14.0. The Hall–Kier alpha value is -2.50. The first-order chi connectivity index (χ1) is 10.6. The molecule has 2 aromatic rings. The molecule has 3 rings (SSSR count). The lowest BCUT2D eigenvalue weighted by Crippen LogP contribution is -2.37. The third-order valence-electron chi connectivity index (χ3n) is 3.88. The molecule has 0 amide bonds. The molecule has 1 saturated heterocycles. The molecule has 5 nitrogen and oxygen atoms in total. The number of aryl methyl sites for hydroxylation is 1. The van der Waals surface area contributed by atoms with E-state index in [-0.39, 0.29) is 5.82 Å². The SMILES string of the molecule is Cc1cnc(N2CCCC2C(=O)O)nc1-c1ccccc1F. The van der Waals surface area contributed by atoms with E-state index < -0.39 is 12.0 Å². The molecule has 1 fully saturated rings. The summed E-state index contributed by atoms with van der Waals surface area (Å²) in [6.45, 7) is 2.40. The number of aliphatic carboxylic acids is 1. The minimum atomic E-state index is -0.880. The predicted octanol–water partition coefficient (Wildman–Crippen LogP) is 2.64. The Labute approximate surface area is 127 Å². The first-order valence-corrected chi connectivity index (χ1v) is 7.16. The van der Waals surface area contributed by atoms with E-state index in [0.29, 0.717) is 30.2 Å². The number of aromatic nitrogens is 2. The Bertz CT molecular complexity index is 720. The standard InChI is InChI=1S/C16H16FN3O2/c1-10-9-18-16(20-8-4-7-13(20)15(21)22)19-14(10)11-5-2-3-6-12(11)17/h2-3,5-6,9,13H,4,7-8H2,1H3,(H,21,22). The molecule has 1 aromatic heterocycles. The minimum absolute atomic E-state index is 0.341. The largest absolute Gasteiger partial charge is 0.480 e. The summed E-state index contributed by atoms with van der Waals surface area (Å²) in [7, 11) is 0. The molecule has 0 radical (unpaired) electrons. The van der Waals surface area contributed by atoms with Crippen molar-refractivity contribution >= 4 is 11.9 Å². The number of halogens is 1. The fraction of sp³-hybridized carbons (Fsp3) is 0.312. The summed E-state index contributed by atoms with van der Waals surface area (Å²) in [4.78, 5) is 21.6. The molecule has 1 aliphatic rings. The van der Waals surface area contributed by atoms with Gasteiger partial charge in [-0.2, -0.15) is 0 Å². The van der Waals surface area contributed by atoms with Gasteiger partial charge < -0.3 is 10.0 Å². The summed E-state index contributed by atoms with van der Waals surface area (Å²) in [6.07, 6.45) is 2.96. The van der Waals surface area contributed by atoms with Crippen molar-refractivity contribution in [3.63, 3.8) is 0 Å². The van der Waals surface area contributed by atoms with Crippen molar-refractivity contribution in [2.75, 3.05) is 11.4 Å². The highest BCUT2D eigenvalue weighted by Gasteiger charge is 2.32. The van der Waals surface area contributed by atoms with E-state index in [0.717, 1.165) is 12.0 Å². The Morgan fingerprint density at radius 2 is 2.18 bits per heavy atom. The topological polar surface area (TPSA) is 66.3 Å². The van der Waals surface area contributed by atoms with Gasteiger partial charge in [0.05, 0.1) is 5.69 Å². The van der Waals surface area contributed by atoms with Crippen molar-refractivity contribution in [3.05, 3.63) is 41.8 Å². The molecule has 0 spiro atoms. The number of hydrogen-bond acceptors (Lipinski definition) is 4. The summed E-state index contributed by atoms with van der Waals surface area (Å²) in [6, 6.07) is 5.79. The molecular weight excluding hydrogens is 285 g/mol. The molecule has 114 valence electrons. The van der Waals surface area contributed by atoms with Crippen molar-refractivity contribution in [1.29, 1.82) is 0 Å². The highest BCUT2D eigenvalue weighted by Crippen LogP contribution is 2.28.